The molecule has 0 spiro atoms. The SMILES string of the molecule is C=CCNC(=O)CN1CCN(CC(=O)Nc2cc(C)on2)CC1. The van der Waals surface area contributed by atoms with E-state index in [4.69, 9.17) is 4.52 Å². The van der Waals surface area contributed by atoms with Gasteiger partial charge in [0, 0.05) is 38.8 Å². The lowest BCUT2D eigenvalue weighted by atomic mass is 10.3. The van der Waals surface area contributed by atoms with Gasteiger partial charge in [0.05, 0.1) is 13.1 Å². The topological polar surface area (TPSA) is 90.7 Å². The van der Waals surface area contributed by atoms with E-state index in [9.17, 15) is 9.59 Å². The van der Waals surface area contributed by atoms with E-state index in [1.54, 1.807) is 19.1 Å². The van der Waals surface area contributed by atoms with Crippen molar-refractivity contribution in [2.75, 3.05) is 51.1 Å². The molecule has 0 radical (unpaired) electrons. The molecule has 1 aromatic heterocycles. The molecular formula is C15H23N5O3. The normalized spacial score (nSPS) is 16.0. The van der Waals surface area contributed by atoms with Crippen molar-refractivity contribution in [1.29, 1.82) is 0 Å². The Morgan fingerprint density at radius 3 is 2.39 bits per heavy atom. The number of nitrogens with one attached hydrogen (secondary N) is 2. The van der Waals surface area contributed by atoms with Gasteiger partial charge in [0.2, 0.25) is 11.8 Å². The standard InChI is InChI=1S/C15H23N5O3/c1-3-4-16-14(21)10-19-5-7-20(8-6-19)11-15(22)17-13-9-12(2)23-18-13/h3,9H,1,4-8,10-11H2,2H3,(H,16,21)(H,17,18,22). The molecule has 0 unspecified atom stereocenters. The van der Waals surface area contributed by atoms with Gasteiger partial charge in [-0.2, -0.15) is 0 Å². The molecule has 8 heteroatoms. The Hall–Kier alpha value is -2.19. The quantitative estimate of drug-likeness (QED) is 0.678. The van der Waals surface area contributed by atoms with Crippen molar-refractivity contribution < 1.29 is 14.1 Å². The summed E-state index contributed by atoms with van der Waals surface area (Å²) in [5, 5.41) is 9.20. The lowest BCUT2D eigenvalue weighted by Crippen LogP contribution is -2.51. The summed E-state index contributed by atoms with van der Waals surface area (Å²) in [6.07, 6.45) is 1.66. The van der Waals surface area contributed by atoms with Gasteiger partial charge < -0.3 is 15.2 Å². The average molecular weight is 321 g/mol. The summed E-state index contributed by atoms with van der Waals surface area (Å²) in [6, 6.07) is 1.68. The van der Waals surface area contributed by atoms with Gasteiger partial charge in [0.1, 0.15) is 5.76 Å². The minimum Gasteiger partial charge on any atom is -0.360 e. The first-order valence-electron chi connectivity index (χ1n) is 7.62. The Morgan fingerprint density at radius 2 is 1.87 bits per heavy atom. The molecule has 0 bridgehead atoms. The number of hydrogen-bond donors (Lipinski definition) is 2. The molecule has 2 rings (SSSR count). The first kappa shape index (κ1) is 17.2. The second-order valence-corrected chi connectivity index (χ2v) is 5.52. The third kappa shape index (κ3) is 5.84. The predicted octanol–water partition coefficient (Wildman–Crippen LogP) is -0.159. The van der Waals surface area contributed by atoms with Crippen molar-refractivity contribution in [2.24, 2.45) is 0 Å². The zero-order valence-corrected chi connectivity index (χ0v) is 13.4. The van der Waals surface area contributed by atoms with E-state index in [1.165, 1.54) is 0 Å². The maximum Gasteiger partial charge on any atom is 0.239 e. The van der Waals surface area contributed by atoms with E-state index in [2.05, 4.69) is 32.2 Å². The molecule has 0 atom stereocenters. The van der Waals surface area contributed by atoms with Crippen LogP contribution in [0.25, 0.3) is 0 Å². The number of rotatable bonds is 7. The van der Waals surface area contributed by atoms with Gasteiger partial charge in [0.25, 0.3) is 0 Å². The number of piperazine rings is 1. The van der Waals surface area contributed by atoms with Crippen molar-refractivity contribution in [3.8, 4) is 0 Å². The molecule has 1 fully saturated rings. The van der Waals surface area contributed by atoms with Gasteiger partial charge in [-0.05, 0) is 6.92 Å². The molecule has 0 aromatic carbocycles. The monoisotopic (exact) mass is 321 g/mol. The third-order valence-corrected chi connectivity index (χ3v) is 3.54. The van der Waals surface area contributed by atoms with Gasteiger partial charge >= 0.3 is 0 Å². The zero-order valence-electron chi connectivity index (χ0n) is 13.4. The van der Waals surface area contributed by atoms with E-state index in [0.29, 0.717) is 31.2 Å². The number of aryl methyl sites for hydroxylation is 1. The summed E-state index contributed by atoms with van der Waals surface area (Å²) in [7, 11) is 0. The number of aromatic nitrogens is 1. The minimum absolute atomic E-state index is 0.00232. The van der Waals surface area contributed by atoms with Gasteiger partial charge in [-0.15, -0.1) is 6.58 Å². The van der Waals surface area contributed by atoms with Crippen LogP contribution in [0, 0.1) is 6.92 Å². The zero-order chi connectivity index (χ0) is 16.7. The molecule has 0 aliphatic carbocycles. The molecule has 1 aliphatic rings. The summed E-state index contributed by atoms with van der Waals surface area (Å²) in [4.78, 5) is 27.7. The molecular weight excluding hydrogens is 298 g/mol. The van der Waals surface area contributed by atoms with E-state index < -0.39 is 0 Å². The Bertz CT molecular complexity index is 549. The van der Waals surface area contributed by atoms with Crippen molar-refractivity contribution >= 4 is 17.6 Å². The molecule has 2 N–H and O–H groups in total. The van der Waals surface area contributed by atoms with Gasteiger partial charge in [-0.3, -0.25) is 19.4 Å². The van der Waals surface area contributed by atoms with Crippen LogP contribution in [0.5, 0.6) is 0 Å². The Kier molecular flexibility index (Phi) is 6.30. The Labute approximate surface area is 135 Å². The van der Waals surface area contributed by atoms with Crippen LogP contribution in [-0.4, -0.2) is 72.6 Å². The van der Waals surface area contributed by atoms with Crippen LogP contribution in [0.3, 0.4) is 0 Å². The second-order valence-electron chi connectivity index (χ2n) is 5.52. The number of nitrogens with zero attached hydrogens (tertiary/aromatic N) is 3. The highest BCUT2D eigenvalue weighted by Crippen LogP contribution is 2.07. The van der Waals surface area contributed by atoms with Crippen LogP contribution in [-0.2, 0) is 9.59 Å². The Morgan fingerprint density at radius 1 is 1.26 bits per heavy atom. The van der Waals surface area contributed by atoms with Crippen LogP contribution in [0.15, 0.2) is 23.2 Å². The molecule has 23 heavy (non-hydrogen) atoms. The number of carbonyl (C=O) groups excluding carboxylic acids is 2. The molecule has 2 heterocycles. The lowest BCUT2D eigenvalue weighted by Gasteiger charge is -2.33. The average Bonchev–Trinajstić information content (AvgIpc) is 2.92. The number of amides is 2. The maximum atomic E-state index is 11.9. The predicted molar refractivity (Wildman–Crippen MR) is 86.0 cm³/mol. The van der Waals surface area contributed by atoms with Crippen molar-refractivity contribution in [3.63, 3.8) is 0 Å². The summed E-state index contributed by atoms with van der Waals surface area (Å²) >= 11 is 0. The highest BCUT2D eigenvalue weighted by molar-refractivity contribution is 5.91. The fourth-order valence-corrected chi connectivity index (χ4v) is 2.36. The van der Waals surface area contributed by atoms with E-state index in [0.717, 1.165) is 26.2 Å². The van der Waals surface area contributed by atoms with Gasteiger partial charge in [0.15, 0.2) is 5.82 Å². The first-order valence-corrected chi connectivity index (χ1v) is 7.62. The van der Waals surface area contributed by atoms with Crippen LogP contribution >= 0.6 is 0 Å². The lowest BCUT2D eigenvalue weighted by molar-refractivity contribution is -0.123. The minimum atomic E-state index is -0.115. The van der Waals surface area contributed by atoms with Crippen molar-refractivity contribution in [1.82, 2.24) is 20.3 Å². The second kappa shape index (κ2) is 8.44. The summed E-state index contributed by atoms with van der Waals surface area (Å²) in [6.45, 7) is 9.54. The van der Waals surface area contributed by atoms with E-state index in [-0.39, 0.29) is 11.8 Å². The molecule has 1 saturated heterocycles. The molecule has 1 aromatic rings. The molecule has 0 saturated carbocycles. The smallest absolute Gasteiger partial charge is 0.239 e. The number of hydrogen-bond acceptors (Lipinski definition) is 6. The largest absolute Gasteiger partial charge is 0.360 e. The molecule has 126 valence electrons. The van der Waals surface area contributed by atoms with Gasteiger partial charge in [-0.25, -0.2) is 0 Å². The van der Waals surface area contributed by atoms with Crippen molar-refractivity contribution in [3.05, 3.63) is 24.5 Å². The van der Waals surface area contributed by atoms with Crippen molar-refractivity contribution in [2.45, 2.75) is 6.92 Å². The maximum absolute atomic E-state index is 11.9. The van der Waals surface area contributed by atoms with E-state index >= 15 is 0 Å². The molecule has 2 amide bonds. The Balaban J connectivity index is 1.67. The summed E-state index contributed by atoms with van der Waals surface area (Å²) in [5.41, 5.74) is 0. The fraction of sp³-hybridized carbons (Fsp3) is 0.533. The summed E-state index contributed by atoms with van der Waals surface area (Å²) in [5.74, 6) is 0.974. The number of carbonyl (C=O) groups is 2. The fourth-order valence-electron chi connectivity index (χ4n) is 2.36. The third-order valence-electron chi connectivity index (χ3n) is 3.54. The molecule has 8 nitrogen and oxygen atoms in total. The van der Waals surface area contributed by atoms with Crippen LogP contribution in [0.2, 0.25) is 0 Å². The van der Waals surface area contributed by atoms with Gasteiger partial charge in [-0.1, -0.05) is 11.2 Å². The number of anilines is 1. The van der Waals surface area contributed by atoms with Crippen LogP contribution in [0.1, 0.15) is 5.76 Å². The highest BCUT2D eigenvalue weighted by Gasteiger charge is 2.20. The summed E-state index contributed by atoms with van der Waals surface area (Å²) < 4.78 is 4.91. The van der Waals surface area contributed by atoms with E-state index in [1.807, 2.05) is 0 Å². The highest BCUT2D eigenvalue weighted by atomic mass is 16.5. The first-order chi connectivity index (χ1) is 11.1. The van der Waals surface area contributed by atoms with Crippen LogP contribution in [0.4, 0.5) is 5.82 Å². The van der Waals surface area contributed by atoms with Crippen LogP contribution < -0.4 is 10.6 Å². The molecule has 1 aliphatic heterocycles.